The van der Waals surface area contributed by atoms with Crippen LogP contribution in [0.3, 0.4) is 0 Å². The summed E-state index contributed by atoms with van der Waals surface area (Å²) < 4.78 is 24.4. The second-order valence-electron chi connectivity index (χ2n) is 3.84. The highest BCUT2D eigenvalue weighted by atomic mass is 19.3. The zero-order chi connectivity index (χ0) is 13.0. The van der Waals surface area contributed by atoms with Gasteiger partial charge in [-0.2, -0.15) is 0 Å². The molecule has 0 radical (unpaired) electrons. The number of hydrogen-bond acceptors (Lipinski definition) is 4. The van der Waals surface area contributed by atoms with E-state index >= 15 is 0 Å². The fourth-order valence-electron chi connectivity index (χ4n) is 1.18. The molecule has 1 atom stereocenters. The summed E-state index contributed by atoms with van der Waals surface area (Å²) >= 11 is 0. The number of carboxylic acid groups (broad SMARTS) is 1. The number of carboxylic acids is 1. The Balaban J connectivity index is 2.77. The highest BCUT2D eigenvalue weighted by Crippen LogP contribution is 2.17. The number of hydrogen-bond donors (Lipinski definition) is 2. The van der Waals surface area contributed by atoms with Crippen molar-refractivity contribution in [3.8, 4) is 0 Å². The lowest BCUT2D eigenvalue weighted by atomic mass is 10.1. The van der Waals surface area contributed by atoms with Crippen LogP contribution in [0.1, 0.15) is 25.8 Å². The third-order valence-corrected chi connectivity index (χ3v) is 2.14. The Hall–Kier alpha value is -1.79. The molecular weight excluding hydrogens is 232 g/mol. The van der Waals surface area contributed by atoms with Crippen LogP contribution in [0.15, 0.2) is 12.4 Å². The Bertz CT molecular complexity index is 382. The van der Waals surface area contributed by atoms with E-state index in [-0.39, 0.29) is 17.4 Å². The molecule has 1 aromatic heterocycles. The fraction of sp³-hybridized carbons (Fsp3) is 0.500. The maximum Gasteiger partial charge on any atom is 0.326 e. The molecule has 0 aliphatic heterocycles. The minimum Gasteiger partial charge on any atom is -0.480 e. The second kappa shape index (κ2) is 5.51. The van der Waals surface area contributed by atoms with Crippen molar-refractivity contribution >= 4 is 11.9 Å². The largest absolute Gasteiger partial charge is 0.480 e. The number of halogens is 2. The van der Waals surface area contributed by atoms with Crippen LogP contribution >= 0.6 is 0 Å². The average molecular weight is 245 g/mol. The number of nitrogens with one attached hydrogen (secondary N) is 1. The molecule has 1 heterocycles. The highest BCUT2D eigenvalue weighted by molar-refractivity contribution is 5.76. The lowest BCUT2D eigenvalue weighted by Gasteiger charge is -2.17. The standard InChI is InChI=1S/C10H13F2N3O2/c1-5(2)7(9(16)17)15-10-13-3-6(4-14-10)8(11)12/h3-5,7-8H,1-2H3,(H,16,17)(H,13,14,15)/t7-/m0/s1. The molecule has 0 saturated heterocycles. The molecule has 1 rings (SSSR count). The highest BCUT2D eigenvalue weighted by Gasteiger charge is 2.22. The van der Waals surface area contributed by atoms with Gasteiger partial charge in [0.25, 0.3) is 6.43 Å². The number of rotatable bonds is 5. The maximum absolute atomic E-state index is 12.2. The number of nitrogens with zero attached hydrogens (tertiary/aromatic N) is 2. The van der Waals surface area contributed by atoms with Crippen LogP contribution < -0.4 is 5.32 Å². The lowest BCUT2D eigenvalue weighted by molar-refractivity contribution is -0.138. The Kier molecular flexibility index (Phi) is 4.30. The summed E-state index contributed by atoms with van der Waals surface area (Å²) in [6.45, 7) is 3.44. The Morgan fingerprint density at radius 3 is 2.24 bits per heavy atom. The number of anilines is 1. The summed E-state index contributed by atoms with van der Waals surface area (Å²) in [5, 5.41) is 11.5. The molecule has 0 aromatic carbocycles. The topological polar surface area (TPSA) is 75.1 Å². The van der Waals surface area contributed by atoms with Gasteiger partial charge in [0.1, 0.15) is 6.04 Å². The van der Waals surface area contributed by atoms with E-state index in [9.17, 15) is 13.6 Å². The fourth-order valence-corrected chi connectivity index (χ4v) is 1.18. The predicted molar refractivity (Wildman–Crippen MR) is 56.9 cm³/mol. The number of aromatic nitrogens is 2. The van der Waals surface area contributed by atoms with Gasteiger partial charge in [-0.3, -0.25) is 0 Å². The molecular formula is C10H13F2N3O2. The molecule has 0 spiro atoms. The summed E-state index contributed by atoms with van der Waals surface area (Å²) in [5.74, 6) is -1.19. The van der Waals surface area contributed by atoms with Gasteiger partial charge in [-0.1, -0.05) is 13.8 Å². The number of carbonyl (C=O) groups is 1. The second-order valence-corrected chi connectivity index (χ2v) is 3.84. The average Bonchev–Trinajstić information content (AvgIpc) is 2.25. The van der Waals surface area contributed by atoms with E-state index in [2.05, 4.69) is 15.3 Å². The third kappa shape index (κ3) is 3.61. The quantitative estimate of drug-likeness (QED) is 0.829. The first-order valence-corrected chi connectivity index (χ1v) is 5.01. The van der Waals surface area contributed by atoms with E-state index in [0.717, 1.165) is 12.4 Å². The van der Waals surface area contributed by atoms with Gasteiger partial charge in [-0.25, -0.2) is 23.5 Å². The molecule has 1 aromatic rings. The van der Waals surface area contributed by atoms with Gasteiger partial charge in [-0.05, 0) is 5.92 Å². The van der Waals surface area contributed by atoms with Crippen LogP contribution in [0.25, 0.3) is 0 Å². The first kappa shape index (κ1) is 13.3. The molecule has 94 valence electrons. The molecule has 0 saturated carbocycles. The van der Waals surface area contributed by atoms with Crippen molar-refractivity contribution in [1.82, 2.24) is 9.97 Å². The Morgan fingerprint density at radius 2 is 1.88 bits per heavy atom. The maximum atomic E-state index is 12.2. The minimum atomic E-state index is -2.63. The van der Waals surface area contributed by atoms with Crippen molar-refractivity contribution in [3.05, 3.63) is 18.0 Å². The molecule has 0 aliphatic carbocycles. The van der Waals surface area contributed by atoms with E-state index < -0.39 is 18.4 Å². The molecule has 0 aliphatic rings. The third-order valence-electron chi connectivity index (χ3n) is 2.14. The number of aliphatic carboxylic acids is 1. The van der Waals surface area contributed by atoms with Gasteiger partial charge in [0.15, 0.2) is 0 Å². The summed E-state index contributed by atoms with van der Waals surface area (Å²) in [6.07, 6.45) is -0.692. The van der Waals surface area contributed by atoms with E-state index in [0.29, 0.717) is 0 Å². The van der Waals surface area contributed by atoms with Crippen molar-refractivity contribution in [3.63, 3.8) is 0 Å². The summed E-state index contributed by atoms with van der Waals surface area (Å²) in [4.78, 5) is 18.2. The van der Waals surface area contributed by atoms with Crippen molar-refractivity contribution < 1.29 is 18.7 Å². The smallest absolute Gasteiger partial charge is 0.326 e. The van der Waals surface area contributed by atoms with Crippen LogP contribution in [0.5, 0.6) is 0 Å². The molecule has 2 N–H and O–H groups in total. The summed E-state index contributed by atoms with van der Waals surface area (Å²) in [5.41, 5.74) is -0.299. The van der Waals surface area contributed by atoms with Crippen LogP contribution in [-0.4, -0.2) is 27.1 Å². The first-order chi connectivity index (χ1) is 7.91. The summed E-state index contributed by atoms with van der Waals surface area (Å²) in [6, 6.07) is -0.854. The van der Waals surface area contributed by atoms with Gasteiger partial charge in [0.05, 0.1) is 5.56 Å². The van der Waals surface area contributed by atoms with Gasteiger partial charge in [0, 0.05) is 12.4 Å². The van der Waals surface area contributed by atoms with E-state index in [1.54, 1.807) is 13.8 Å². The molecule has 0 unspecified atom stereocenters. The van der Waals surface area contributed by atoms with Gasteiger partial charge in [0.2, 0.25) is 5.95 Å². The van der Waals surface area contributed by atoms with Crippen molar-refractivity contribution in [1.29, 1.82) is 0 Å². The molecule has 0 amide bonds. The number of alkyl halides is 2. The zero-order valence-electron chi connectivity index (χ0n) is 9.39. The summed E-state index contributed by atoms with van der Waals surface area (Å²) in [7, 11) is 0. The molecule has 5 nitrogen and oxygen atoms in total. The van der Waals surface area contributed by atoms with Gasteiger partial charge < -0.3 is 10.4 Å². The van der Waals surface area contributed by atoms with Gasteiger partial charge in [-0.15, -0.1) is 0 Å². The van der Waals surface area contributed by atoms with E-state index in [1.165, 1.54) is 0 Å². The van der Waals surface area contributed by atoms with Crippen molar-refractivity contribution in [2.45, 2.75) is 26.3 Å². The monoisotopic (exact) mass is 245 g/mol. The van der Waals surface area contributed by atoms with E-state index in [1.807, 2.05) is 0 Å². The van der Waals surface area contributed by atoms with Crippen LogP contribution in [-0.2, 0) is 4.79 Å². The van der Waals surface area contributed by atoms with Crippen LogP contribution in [0.2, 0.25) is 0 Å². The molecule has 0 bridgehead atoms. The lowest BCUT2D eigenvalue weighted by Crippen LogP contribution is -2.34. The Morgan fingerprint density at radius 1 is 1.35 bits per heavy atom. The Labute approximate surface area is 96.9 Å². The van der Waals surface area contributed by atoms with Crippen molar-refractivity contribution in [2.24, 2.45) is 5.92 Å². The SMILES string of the molecule is CC(C)[C@H](Nc1ncc(C(F)F)cn1)C(=O)O. The first-order valence-electron chi connectivity index (χ1n) is 5.01. The zero-order valence-corrected chi connectivity index (χ0v) is 9.39. The van der Waals surface area contributed by atoms with Crippen LogP contribution in [0.4, 0.5) is 14.7 Å². The minimum absolute atomic E-state index is 0.0236. The van der Waals surface area contributed by atoms with Crippen LogP contribution in [0, 0.1) is 5.92 Å². The predicted octanol–water partition coefficient (Wildman–Crippen LogP) is 1.94. The normalized spacial score (nSPS) is 12.8. The van der Waals surface area contributed by atoms with Crippen molar-refractivity contribution in [2.75, 3.05) is 5.32 Å². The van der Waals surface area contributed by atoms with E-state index in [4.69, 9.17) is 5.11 Å². The molecule has 17 heavy (non-hydrogen) atoms. The van der Waals surface area contributed by atoms with Gasteiger partial charge >= 0.3 is 5.97 Å². The molecule has 0 fully saturated rings. The molecule has 7 heteroatoms.